The number of hydrogen-bond donors (Lipinski definition) is 1. The molecule has 0 aliphatic heterocycles. The largest absolute Gasteiger partial charge is 0.508 e. The lowest BCUT2D eigenvalue weighted by molar-refractivity contribution is 0.0992. The molecule has 3 rings (SSSR count). The fraction of sp³-hybridized carbons (Fsp3) is 0.312. The highest BCUT2D eigenvalue weighted by Gasteiger charge is 2.22. The first-order valence-electron chi connectivity index (χ1n) is 6.91. The van der Waals surface area contributed by atoms with Gasteiger partial charge in [-0.3, -0.25) is 4.79 Å². The number of amides is 1. The number of carbonyl (C=O) groups excluding carboxylic acids is 1. The maximum Gasteiger partial charge on any atom is 0.268 e. The maximum absolute atomic E-state index is 12.6. The van der Waals surface area contributed by atoms with Gasteiger partial charge in [0.15, 0.2) is 0 Å². The first-order chi connectivity index (χ1) is 9.69. The van der Waals surface area contributed by atoms with Gasteiger partial charge in [-0.1, -0.05) is 6.07 Å². The van der Waals surface area contributed by atoms with E-state index in [1.807, 2.05) is 19.1 Å². The molecule has 3 nitrogen and oxygen atoms in total. The summed E-state index contributed by atoms with van der Waals surface area (Å²) in [4.78, 5) is 16.5. The first-order valence-corrected chi connectivity index (χ1v) is 7.73. The number of hydrogen-bond acceptors (Lipinski definition) is 3. The summed E-state index contributed by atoms with van der Waals surface area (Å²) in [6, 6.07) is 8.89. The van der Waals surface area contributed by atoms with Crippen molar-refractivity contribution in [3.8, 4) is 5.75 Å². The number of fused-ring (bicyclic) bond motifs is 1. The lowest BCUT2D eigenvalue weighted by Crippen LogP contribution is -2.29. The summed E-state index contributed by atoms with van der Waals surface area (Å²) in [6.07, 6.45) is 3.41. The van der Waals surface area contributed by atoms with Gasteiger partial charge in [-0.2, -0.15) is 0 Å². The molecule has 0 atom stereocenters. The second-order valence-corrected chi connectivity index (χ2v) is 6.12. The third kappa shape index (κ3) is 2.31. The molecule has 20 heavy (non-hydrogen) atoms. The monoisotopic (exact) mass is 287 g/mol. The Labute approximate surface area is 122 Å². The number of thiophene rings is 1. The van der Waals surface area contributed by atoms with Gasteiger partial charge in [-0.05, 0) is 49.9 Å². The number of aromatic hydroxyl groups is 1. The molecule has 0 spiro atoms. The first kappa shape index (κ1) is 13.2. The summed E-state index contributed by atoms with van der Waals surface area (Å²) < 4.78 is 0. The minimum absolute atomic E-state index is 0.0255. The van der Waals surface area contributed by atoms with Crippen LogP contribution in [-0.4, -0.2) is 17.6 Å². The summed E-state index contributed by atoms with van der Waals surface area (Å²) in [5.41, 5.74) is 2.08. The summed E-state index contributed by atoms with van der Waals surface area (Å²) in [5.74, 6) is 0.208. The van der Waals surface area contributed by atoms with Crippen molar-refractivity contribution in [3.63, 3.8) is 0 Å². The Balaban J connectivity index is 1.90. The maximum atomic E-state index is 12.6. The molecule has 0 radical (unpaired) electrons. The van der Waals surface area contributed by atoms with Crippen molar-refractivity contribution in [1.29, 1.82) is 0 Å². The second kappa shape index (κ2) is 5.29. The van der Waals surface area contributed by atoms with Gasteiger partial charge in [0, 0.05) is 23.2 Å². The van der Waals surface area contributed by atoms with E-state index >= 15 is 0 Å². The van der Waals surface area contributed by atoms with E-state index in [9.17, 15) is 9.90 Å². The van der Waals surface area contributed by atoms with Gasteiger partial charge in [0.1, 0.15) is 5.75 Å². The highest BCUT2D eigenvalue weighted by molar-refractivity contribution is 7.14. The second-order valence-electron chi connectivity index (χ2n) is 4.98. The van der Waals surface area contributed by atoms with Crippen molar-refractivity contribution in [2.45, 2.75) is 26.2 Å². The molecule has 1 N–H and O–H groups in total. The lowest BCUT2D eigenvalue weighted by atomic mass is 10.2. The van der Waals surface area contributed by atoms with Crippen LogP contribution in [0.1, 0.15) is 33.5 Å². The van der Waals surface area contributed by atoms with E-state index in [2.05, 4.69) is 0 Å². The average Bonchev–Trinajstić information content (AvgIpc) is 3.00. The highest BCUT2D eigenvalue weighted by atomic mass is 32.1. The molecule has 0 saturated heterocycles. The van der Waals surface area contributed by atoms with E-state index in [0.717, 1.165) is 23.4 Å². The molecule has 1 aliphatic carbocycles. The zero-order valence-corrected chi connectivity index (χ0v) is 12.2. The molecule has 1 aliphatic rings. The molecule has 0 saturated carbocycles. The number of carbonyl (C=O) groups is 1. The lowest BCUT2D eigenvalue weighted by Gasteiger charge is -2.20. The van der Waals surface area contributed by atoms with Gasteiger partial charge in [-0.15, -0.1) is 11.3 Å². The molecular formula is C16H17NO2S. The van der Waals surface area contributed by atoms with Gasteiger partial charge >= 0.3 is 0 Å². The Morgan fingerprint density at radius 1 is 1.35 bits per heavy atom. The van der Waals surface area contributed by atoms with E-state index in [0.29, 0.717) is 6.54 Å². The molecule has 4 heteroatoms. The molecule has 1 aromatic carbocycles. The van der Waals surface area contributed by atoms with E-state index in [-0.39, 0.29) is 11.7 Å². The van der Waals surface area contributed by atoms with E-state index in [1.54, 1.807) is 34.4 Å². The van der Waals surface area contributed by atoms with Crippen molar-refractivity contribution in [2.75, 3.05) is 11.4 Å². The van der Waals surface area contributed by atoms with Gasteiger partial charge < -0.3 is 10.0 Å². The van der Waals surface area contributed by atoms with E-state index in [1.165, 1.54) is 16.9 Å². The van der Waals surface area contributed by atoms with Gasteiger partial charge in [0.2, 0.25) is 0 Å². The van der Waals surface area contributed by atoms with Crippen LogP contribution in [0.15, 0.2) is 30.3 Å². The van der Waals surface area contributed by atoms with Crippen LogP contribution >= 0.6 is 11.3 Å². The zero-order valence-electron chi connectivity index (χ0n) is 11.4. The average molecular weight is 287 g/mol. The highest BCUT2D eigenvalue weighted by Crippen LogP contribution is 2.32. The topological polar surface area (TPSA) is 40.5 Å². The van der Waals surface area contributed by atoms with Crippen LogP contribution in [0.2, 0.25) is 0 Å². The number of rotatable bonds is 3. The Hall–Kier alpha value is -1.81. The van der Waals surface area contributed by atoms with Crippen molar-refractivity contribution >= 4 is 22.9 Å². The summed E-state index contributed by atoms with van der Waals surface area (Å²) >= 11 is 1.62. The van der Waals surface area contributed by atoms with Gasteiger partial charge in [0.05, 0.1) is 4.88 Å². The Kier molecular flexibility index (Phi) is 3.49. The molecule has 0 bridgehead atoms. The Morgan fingerprint density at radius 3 is 2.90 bits per heavy atom. The van der Waals surface area contributed by atoms with Crippen LogP contribution in [-0.2, 0) is 12.8 Å². The fourth-order valence-corrected chi connectivity index (χ4v) is 3.87. The quantitative estimate of drug-likeness (QED) is 0.937. The van der Waals surface area contributed by atoms with Crippen molar-refractivity contribution in [2.24, 2.45) is 0 Å². The normalized spacial score (nSPS) is 13.2. The zero-order chi connectivity index (χ0) is 14.1. The van der Waals surface area contributed by atoms with Crippen LogP contribution < -0.4 is 4.90 Å². The van der Waals surface area contributed by atoms with Crippen LogP contribution in [0.5, 0.6) is 5.75 Å². The smallest absolute Gasteiger partial charge is 0.268 e. The number of benzene rings is 1. The molecule has 0 unspecified atom stereocenters. The molecule has 1 amide bonds. The summed E-state index contributed by atoms with van der Waals surface area (Å²) in [5, 5.41) is 9.57. The van der Waals surface area contributed by atoms with Crippen LogP contribution in [0.25, 0.3) is 0 Å². The predicted octanol–water partition coefficient (Wildman–Crippen LogP) is 3.61. The SMILES string of the molecule is CCN(C(=O)c1cc2c(s1)CCC2)c1cccc(O)c1. The van der Waals surface area contributed by atoms with Gasteiger partial charge in [-0.25, -0.2) is 0 Å². The number of phenolic OH excluding ortho intramolecular Hbond substituents is 1. The van der Waals surface area contributed by atoms with Crippen molar-refractivity contribution in [1.82, 2.24) is 0 Å². The summed E-state index contributed by atoms with van der Waals surface area (Å²) in [6.45, 7) is 2.54. The Bertz CT molecular complexity index is 626. The molecule has 0 fully saturated rings. The van der Waals surface area contributed by atoms with Crippen LogP contribution in [0, 0.1) is 0 Å². The third-order valence-corrected chi connectivity index (χ3v) is 4.89. The fourth-order valence-electron chi connectivity index (χ4n) is 2.67. The minimum atomic E-state index is 0.0255. The van der Waals surface area contributed by atoms with Crippen LogP contribution in [0.3, 0.4) is 0 Å². The van der Waals surface area contributed by atoms with E-state index < -0.39 is 0 Å². The third-order valence-electron chi connectivity index (χ3n) is 3.66. The van der Waals surface area contributed by atoms with Crippen molar-refractivity contribution < 1.29 is 9.90 Å². The predicted molar refractivity (Wildman–Crippen MR) is 81.8 cm³/mol. The standard InChI is InChI=1S/C16H17NO2S/c1-2-17(12-6-4-7-13(18)10-12)16(19)15-9-11-5-3-8-14(11)20-15/h4,6-7,9-10,18H,2-3,5,8H2,1H3. The van der Waals surface area contributed by atoms with Gasteiger partial charge in [0.25, 0.3) is 5.91 Å². The number of aryl methyl sites for hydroxylation is 2. The van der Waals surface area contributed by atoms with E-state index in [4.69, 9.17) is 0 Å². The van der Waals surface area contributed by atoms with Crippen LogP contribution in [0.4, 0.5) is 5.69 Å². The molecule has 2 aromatic rings. The minimum Gasteiger partial charge on any atom is -0.508 e. The van der Waals surface area contributed by atoms with Crippen molar-refractivity contribution in [3.05, 3.63) is 45.6 Å². The summed E-state index contributed by atoms with van der Waals surface area (Å²) in [7, 11) is 0. The molecule has 1 heterocycles. The Morgan fingerprint density at radius 2 is 2.20 bits per heavy atom. The molecule has 104 valence electrons. The molecular weight excluding hydrogens is 270 g/mol. The number of phenols is 1. The molecule has 1 aromatic heterocycles. The number of anilines is 1. The number of nitrogens with zero attached hydrogens (tertiary/aromatic N) is 1.